The van der Waals surface area contributed by atoms with Crippen LogP contribution in [0.15, 0.2) is 47.4 Å². The van der Waals surface area contributed by atoms with Gasteiger partial charge in [0.15, 0.2) is 6.61 Å². The van der Waals surface area contributed by atoms with Crippen LogP contribution in [0.5, 0.6) is 11.5 Å². The molecule has 0 aliphatic carbocycles. The molecule has 1 saturated heterocycles. The molecule has 3 rings (SSSR count). The van der Waals surface area contributed by atoms with Crippen LogP contribution in [0.2, 0.25) is 0 Å². The number of sulfonamides is 1. The average molecular weight is 405 g/mol. The Morgan fingerprint density at radius 1 is 1.00 bits per heavy atom. The predicted octanol–water partition coefficient (Wildman–Crippen LogP) is 2.31. The summed E-state index contributed by atoms with van der Waals surface area (Å²) in [6, 6.07) is 11.3. The topological polar surface area (TPSA) is 82.1 Å². The first-order valence-electron chi connectivity index (χ1n) is 8.95. The summed E-state index contributed by atoms with van der Waals surface area (Å²) in [5.41, 5.74) is 2.21. The number of nitrogens with zero attached hydrogens (tertiary/aromatic N) is 1. The number of carbonyl (C=O) groups excluding carboxylic acids is 1. The van der Waals surface area contributed by atoms with Gasteiger partial charge in [0.25, 0.3) is 0 Å². The third-order valence-electron chi connectivity index (χ3n) is 4.50. The van der Waals surface area contributed by atoms with E-state index in [9.17, 15) is 13.2 Å². The molecule has 7 nitrogen and oxygen atoms in total. The van der Waals surface area contributed by atoms with Gasteiger partial charge in [-0.3, -0.25) is 0 Å². The van der Waals surface area contributed by atoms with Gasteiger partial charge in [-0.15, -0.1) is 0 Å². The van der Waals surface area contributed by atoms with Crippen molar-refractivity contribution >= 4 is 16.0 Å². The van der Waals surface area contributed by atoms with Crippen molar-refractivity contribution in [2.24, 2.45) is 0 Å². The van der Waals surface area contributed by atoms with E-state index in [-0.39, 0.29) is 17.3 Å². The van der Waals surface area contributed by atoms with Crippen LogP contribution in [0, 0.1) is 13.8 Å². The number of ether oxygens (including phenoxy) is 3. The fourth-order valence-electron chi connectivity index (χ4n) is 2.72. The summed E-state index contributed by atoms with van der Waals surface area (Å²) in [6.45, 7) is 5.15. The van der Waals surface area contributed by atoms with E-state index in [2.05, 4.69) is 0 Å². The summed E-state index contributed by atoms with van der Waals surface area (Å²) in [5.74, 6) is 0.281. The maximum Gasteiger partial charge on any atom is 0.349 e. The molecular weight excluding hydrogens is 382 g/mol. The van der Waals surface area contributed by atoms with Gasteiger partial charge >= 0.3 is 5.97 Å². The molecule has 0 spiro atoms. The van der Waals surface area contributed by atoms with Crippen LogP contribution in [0.25, 0.3) is 0 Å². The molecule has 0 atom stereocenters. The van der Waals surface area contributed by atoms with Crippen LogP contribution >= 0.6 is 0 Å². The van der Waals surface area contributed by atoms with Crippen LogP contribution in [-0.2, 0) is 19.6 Å². The highest BCUT2D eigenvalue weighted by molar-refractivity contribution is 7.89. The second-order valence-electron chi connectivity index (χ2n) is 6.50. The lowest BCUT2D eigenvalue weighted by atomic mass is 10.1. The van der Waals surface area contributed by atoms with Gasteiger partial charge < -0.3 is 14.2 Å². The molecule has 0 unspecified atom stereocenters. The highest BCUT2D eigenvalue weighted by Crippen LogP contribution is 2.21. The van der Waals surface area contributed by atoms with Crippen molar-refractivity contribution in [2.75, 3.05) is 32.9 Å². The molecule has 1 aliphatic heterocycles. The molecule has 8 heteroatoms. The van der Waals surface area contributed by atoms with E-state index < -0.39 is 16.0 Å². The fourth-order valence-corrected chi connectivity index (χ4v) is 4.13. The normalized spacial score (nSPS) is 15.2. The monoisotopic (exact) mass is 405 g/mol. The first-order chi connectivity index (χ1) is 13.4. The fraction of sp³-hybridized carbons (Fsp3) is 0.350. The maximum atomic E-state index is 12.6. The molecular formula is C20H23NO6S. The van der Waals surface area contributed by atoms with Gasteiger partial charge in [0.2, 0.25) is 10.0 Å². The smallest absolute Gasteiger partial charge is 0.349 e. The van der Waals surface area contributed by atoms with Gasteiger partial charge in [0, 0.05) is 13.1 Å². The lowest BCUT2D eigenvalue weighted by Gasteiger charge is -2.26. The first kappa shape index (κ1) is 20.3. The number of morpholine rings is 1. The largest absolute Gasteiger partial charge is 0.482 e. The minimum Gasteiger partial charge on any atom is -0.482 e. The Morgan fingerprint density at radius 2 is 1.64 bits per heavy atom. The van der Waals surface area contributed by atoms with Gasteiger partial charge in [-0.25, -0.2) is 13.2 Å². The molecule has 150 valence electrons. The standard InChI is InChI=1S/C20H23NO6S/c1-15-3-4-18(13-16(15)2)26-14-20(22)27-17-5-7-19(8-6-17)28(23,24)21-9-11-25-12-10-21/h3-8,13H,9-12,14H2,1-2H3. The zero-order valence-corrected chi connectivity index (χ0v) is 16.7. The van der Waals surface area contributed by atoms with Crippen LogP contribution in [0.4, 0.5) is 0 Å². The predicted molar refractivity (Wildman–Crippen MR) is 103 cm³/mol. The quantitative estimate of drug-likeness (QED) is 0.542. The Labute approximate surface area is 164 Å². The van der Waals surface area contributed by atoms with Gasteiger partial charge in [-0.05, 0) is 61.4 Å². The summed E-state index contributed by atoms with van der Waals surface area (Å²) in [6.07, 6.45) is 0. The number of benzene rings is 2. The SMILES string of the molecule is Cc1ccc(OCC(=O)Oc2ccc(S(=O)(=O)N3CCOCC3)cc2)cc1C. The Balaban J connectivity index is 1.57. The highest BCUT2D eigenvalue weighted by atomic mass is 32.2. The van der Waals surface area contributed by atoms with Crippen LogP contribution in [0.1, 0.15) is 11.1 Å². The molecule has 0 N–H and O–H groups in total. The number of carbonyl (C=O) groups is 1. The zero-order chi connectivity index (χ0) is 20.1. The van der Waals surface area contributed by atoms with Crippen molar-refractivity contribution in [1.29, 1.82) is 0 Å². The summed E-state index contributed by atoms with van der Waals surface area (Å²) in [5, 5.41) is 0. The van der Waals surface area contributed by atoms with E-state index in [1.165, 1.54) is 28.6 Å². The summed E-state index contributed by atoms with van der Waals surface area (Å²) >= 11 is 0. The van der Waals surface area contributed by atoms with Gasteiger partial charge in [-0.1, -0.05) is 6.07 Å². The third-order valence-corrected chi connectivity index (χ3v) is 6.41. The van der Waals surface area contributed by atoms with Crippen LogP contribution < -0.4 is 9.47 Å². The van der Waals surface area contributed by atoms with Gasteiger partial charge in [0.05, 0.1) is 18.1 Å². The van der Waals surface area contributed by atoms with Crippen molar-refractivity contribution in [2.45, 2.75) is 18.7 Å². The molecule has 1 aliphatic rings. The van der Waals surface area contributed by atoms with E-state index in [1.54, 1.807) is 6.07 Å². The molecule has 1 heterocycles. The average Bonchev–Trinajstić information content (AvgIpc) is 2.70. The molecule has 0 radical (unpaired) electrons. The second kappa shape index (κ2) is 8.72. The number of aryl methyl sites for hydroxylation is 2. The number of hydrogen-bond acceptors (Lipinski definition) is 6. The molecule has 28 heavy (non-hydrogen) atoms. The van der Waals surface area contributed by atoms with Crippen molar-refractivity contribution in [3.05, 3.63) is 53.6 Å². The Kier molecular flexibility index (Phi) is 6.33. The van der Waals surface area contributed by atoms with Crippen molar-refractivity contribution in [1.82, 2.24) is 4.31 Å². The molecule has 1 fully saturated rings. The maximum absolute atomic E-state index is 12.6. The Bertz CT molecular complexity index is 934. The Hall–Kier alpha value is -2.42. The minimum atomic E-state index is -3.57. The molecule has 0 bridgehead atoms. The first-order valence-corrected chi connectivity index (χ1v) is 10.4. The highest BCUT2D eigenvalue weighted by Gasteiger charge is 2.26. The van der Waals surface area contributed by atoms with Gasteiger partial charge in [-0.2, -0.15) is 4.31 Å². The number of hydrogen-bond donors (Lipinski definition) is 0. The molecule has 0 amide bonds. The van der Waals surface area contributed by atoms with Crippen LogP contribution in [0.3, 0.4) is 0 Å². The van der Waals surface area contributed by atoms with E-state index in [1.807, 2.05) is 26.0 Å². The molecule has 0 saturated carbocycles. The number of rotatable bonds is 6. The molecule has 0 aromatic heterocycles. The lowest BCUT2D eigenvalue weighted by molar-refractivity contribution is -0.136. The van der Waals surface area contributed by atoms with Crippen molar-refractivity contribution in [3.8, 4) is 11.5 Å². The van der Waals surface area contributed by atoms with E-state index in [0.717, 1.165) is 11.1 Å². The molecule has 2 aromatic rings. The Morgan fingerprint density at radius 3 is 2.29 bits per heavy atom. The second-order valence-corrected chi connectivity index (χ2v) is 8.43. The minimum absolute atomic E-state index is 0.153. The third kappa shape index (κ3) is 4.89. The lowest BCUT2D eigenvalue weighted by Crippen LogP contribution is -2.40. The summed E-state index contributed by atoms with van der Waals surface area (Å²) < 4.78 is 42.4. The van der Waals surface area contributed by atoms with Crippen LogP contribution in [-0.4, -0.2) is 51.6 Å². The van der Waals surface area contributed by atoms with Crippen molar-refractivity contribution < 1.29 is 27.4 Å². The summed E-state index contributed by atoms with van der Waals surface area (Å²) in [7, 11) is -3.57. The molecule has 2 aromatic carbocycles. The van der Waals surface area contributed by atoms with Crippen molar-refractivity contribution in [3.63, 3.8) is 0 Å². The van der Waals surface area contributed by atoms with E-state index in [0.29, 0.717) is 32.1 Å². The zero-order valence-electron chi connectivity index (χ0n) is 15.9. The van der Waals surface area contributed by atoms with E-state index in [4.69, 9.17) is 14.2 Å². The van der Waals surface area contributed by atoms with Gasteiger partial charge in [0.1, 0.15) is 11.5 Å². The van der Waals surface area contributed by atoms with E-state index >= 15 is 0 Å². The number of esters is 1. The summed E-state index contributed by atoms with van der Waals surface area (Å²) in [4.78, 5) is 12.1.